The fraction of sp³-hybridized carbons (Fsp3) is 0.350. The Morgan fingerprint density at radius 1 is 1.09 bits per heavy atom. The predicted molar refractivity (Wildman–Crippen MR) is 94.6 cm³/mol. The van der Waals surface area contributed by atoms with Gasteiger partial charge in [0.05, 0.1) is 6.54 Å². The maximum atomic E-state index is 12.3. The van der Waals surface area contributed by atoms with E-state index in [1.807, 2.05) is 12.1 Å². The Morgan fingerprint density at radius 2 is 1.78 bits per heavy atom. The Labute approximate surface area is 138 Å². The van der Waals surface area contributed by atoms with Crippen LogP contribution in [-0.4, -0.2) is 23.9 Å². The fourth-order valence-corrected chi connectivity index (χ4v) is 3.04. The van der Waals surface area contributed by atoms with Crippen LogP contribution >= 0.6 is 0 Å². The molecule has 1 aliphatic rings. The third-order valence-corrected chi connectivity index (χ3v) is 4.44. The number of benzene rings is 2. The van der Waals surface area contributed by atoms with E-state index in [4.69, 9.17) is 0 Å². The zero-order valence-corrected chi connectivity index (χ0v) is 13.9. The number of rotatable bonds is 4. The molecule has 0 saturated heterocycles. The summed E-state index contributed by atoms with van der Waals surface area (Å²) in [6.07, 6.45) is 1.02. The van der Waals surface area contributed by atoms with Crippen LogP contribution in [0, 0.1) is 0 Å². The van der Waals surface area contributed by atoms with Gasteiger partial charge >= 0.3 is 0 Å². The molecule has 0 radical (unpaired) electrons. The van der Waals surface area contributed by atoms with Crippen molar-refractivity contribution in [3.05, 3.63) is 65.2 Å². The molecule has 0 saturated carbocycles. The molecule has 3 heteroatoms. The molecule has 2 aromatic rings. The second-order valence-corrected chi connectivity index (χ2v) is 6.55. The van der Waals surface area contributed by atoms with Crippen molar-refractivity contribution in [2.45, 2.75) is 32.7 Å². The number of hydrogen-bond acceptors (Lipinski definition) is 2. The van der Waals surface area contributed by atoms with Crippen LogP contribution in [0.4, 0.5) is 5.69 Å². The summed E-state index contributed by atoms with van der Waals surface area (Å²) < 4.78 is 0. The molecule has 0 fully saturated rings. The second-order valence-electron chi connectivity index (χ2n) is 6.55. The van der Waals surface area contributed by atoms with Crippen molar-refractivity contribution in [1.29, 1.82) is 0 Å². The van der Waals surface area contributed by atoms with Gasteiger partial charge in [-0.2, -0.15) is 0 Å². The van der Waals surface area contributed by atoms with Crippen LogP contribution in [0.15, 0.2) is 48.5 Å². The summed E-state index contributed by atoms with van der Waals surface area (Å²) in [5, 5.41) is 3.00. The lowest BCUT2D eigenvalue weighted by molar-refractivity contribution is -0.117. The van der Waals surface area contributed by atoms with Crippen molar-refractivity contribution in [3.8, 4) is 0 Å². The molecular formula is C20H24N2O. The van der Waals surface area contributed by atoms with Crippen LogP contribution in [0.2, 0.25) is 0 Å². The molecule has 0 unspecified atom stereocenters. The number of carbonyl (C=O) groups excluding carboxylic acids is 1. The van der Waals surface area contributed by atoms with Crippen LogP contribution in [0.25, 0.3) is 0 Å². The summed E-state index contributed by atoms with van der Waals surface area (Å²) in [6.45, 7) is 6.58. The molecule has 23 heavy (non-hydrogen) atoms. The average molecular weight is 308 g/mol. The van der Waals surface area contributed by atoms with Crippen molar-refractivity contribution >= 4 is 11.6 Å². The molecule has 120 valence electrons. The van der Waals surface area contributed by atoms with Gasteiger partial charge in [0.2, 0.25) is 5.91 Å². The molecule has 1 heterocycles. The number of carbonyl (C=O) groups is 1. The minimum atomic E-state index is 0.0571. The smallest absolute Gasteiger partial charge is 0.238 e. The van der Waals surface area contributed by atoms with Crippen LogP contribution in [0.3, 0.4) is 0 Å². The van der Waals surface area contributed by atoms with Gasteiger partial charge in [0, 0.05) is 18.8 Å². The van der Waals surface area contributed by atoms with E-state index in [2.05, 4.69) is 60.5 Å². The summed E-state index contributed by atoms with van der Waals surface area (Å²) in [4.78, 5) is 14.5. The second kappa shape index (κ2) is 6.97. The number of anilines is 1. The molecule has 1 amide bonds. The van der Waals surface area contributed by atoms with Gasteiger partial charge in [-0.05, 0) is 41.2 Å². The normalized spacial score (nSPS) is 14.6. The Hall–Kier alpha value is -2.13. The maximum absolute atomic E-state index is 12.3. The molecule has 0 atom stereocenters. The van der Waals surface area contributed by atoms with E-state index in [0.29, 0.717) is 12.5 Å². The van der Waals surface area contributed by atoms with Gasteiger partial charge in [0.1, 0.15) is 0 Å². The lowest BCUT2D eigenvalue weighted by Crippen LogP contribution is -2.37. The fourth-order valence-electron chi connectivity index (χ4n) is 3.04. The van der Waals surface area contributed by atoms with Crippen molar-refractivity contribution in [3.63, 3.8) is 0 Å². The zero-order valence-electron chi connectivity index (χ0n) is 13.9. The molecule has 0 spiro atoms. The van der Waals surface area contributed by atoms with Crippen LogP contribution in [-0.2, 0) is 17.8 Å². The summed E-state index contributed by atoms with van der Waals surface area (Å²) in [7, 11) is 0. The summed E-state index contributed by atoms with van der Waals surface area (Å²) in [5.74, 6) is 0.565. The van der Waals surface area contributed by atoms with Crippen LogP contribution in [0.1, 0.15) is 36.5 Å². The molecule has 0 aromatic heterocycles. The van der Waals surface area contributed by atoms with Gasteiger partial charge in [-0.25, -0.2) is 0 Å². The average Bonchev–Trinajstić information content (AvgIpc) is 2.55. The Bertz CT molecular complexity index is 676. The molecule has 3 rings (SSSR count). The monoisotopic (exact) mass is 308 g/mol. The molecular weight excluding hydrogens is 284 g/mol. The highest BCUT2D eigenvalue weighted by Crippen LogP contribution is 2.19. The highest BCUT2D eigenvalue weighted by molar-refractivity contribution is 5.92. The standard InChI is InChI=1S/C20H24N2O/c1-15(2)16-7-9-19(10-8-16)21-20(23)14-22-12-11-17-5-3-4-6-18(17)13-22/h3-10,15H,11-14H2,1-2H3,(H,21,23). The number of amides is 1. The minimum absolute atomic E-state index is 0.0571. The van der Waals surface area contributed by atoms with E-state index in [1.165, 1.54) is 16.7 Å². The number of hydrogen-bond donors (Lipinski definition) is 1. The van der Waals surface area contributed by atoms with Gasteiger partial charge < -0.3 is 5.32 Å². The SMILES string of the molecule is CC(C)c1ccc(NC(=O)CN2CCc3ccccc3C2)cc1. The first-order valence-electron chi connectivity index (χ1n) is 8.31. The molecule has 0 bridgehead atoms. The van der Waals surface area contributed by atoms with Gasteiger partial charge in [0.15, 0.2) is 0 Å². The minimum Gasteiger partial charge on any atom is -0.325 e. The number of fused-ring (bicyclic) bond motifs is 1. The maximum Gasteiger partial charge on any atom is 0.238 e. The van der Waals surface area contributed by atoms with Crippen LogP contribution < -0.4 is 5.32 Å². The highest BCUT2D eigenvalue weighted by atomic mass is 16.2. The van der Waals surface area contributed by atoms with Gasteiger partial charge in [0.25, 0.3) is 0 Å². The Kier molecular flexibility index (Phi) is 4.77. The predicted octanol–water partition coefficient (Wildman–Crippen LogP) is 3.81. The lowest BCUT2D eigenvalue weighted by atomic mass is 10.00. The van der Waals surface area contributed by atoms with Crippen molar-refractivity contribution in [1.82, 2.24) is 4.90 Å². The van der Waals surface area contributed by atoms with E-state index >= 15 is 0 Å². The van der Waals surface area contributed by atoms with E-state index in [9.17, 15) is 4.79 Å². The van der Waals surface area contributed by atoms with E-state index < -0.39 is 0 Å². The largest absolute Gasteiger partial charge is 0.325 e. The number of nitrogens with zero attached hydrogens (tertiary/aromatic N) is 1. The lowest BCUT2D eigenvalue weighted by Gasteiger charge is -2.28. The molecule has 2 aromatic carbocycles. The molecule has 1 aliphatic heterocycles. The Morgan fingerprint density at radius 3 is 2.48 bits per heavy atom. The van der Waals surface area contributed by atoms with E-state index in [1.54, 1.807) is 0 Å². The third-order valence-electron chi connectivity index (χ3n) is 4.44. The first-order chi connectivity index (χ1) is 11.1. The highest BCUT2D eigenvalue weighted by Gasteiger charge is 2.18. The van der Waals surface area contributed by atoms with Crippen molar-refractivity contribution < 1.29 is 4.79 Å². The Balaban J connectivity index is 1.56. The zero-order chi connectivity index (χ0) is 16.2. The quantitative estimate of drug-likeness (QED) is 0.931. The summed E-state index contributed by atoms with van der Waals surface area (Å²) in [5.41, 5.74) is 4.91. The third kappa shape index (κ3) is 3.99. The van der Waals surface area contributed by atoms with Gasteiger partial charge in [-0.15, -0.1) is 0 Å². The summed E-state index contributed by atoms with van der Waals surface area (Å²) >= 11 is 0. The molecule has 1 N–H and O–H groups in total. The van der Waals surface area contributed by atoms with Gasteiger partial charge in [-0.1, -0.05) is 50.2 Å². The van der Waals surface area contributed by atoms with Crippen molar-refractivity contribution in [2.75, 3.05) is 18.4 Å². The van der Waals surface area contributed by atoms with E-state index in [-0.39, 0.29) is 5.91 Å². The first-order valence-corrected chi connectivity index (χ1v) is 8.31. The topological polar surface area (TPSA) is 32.3 Å². The van der Waals surface area contributed by atoms with E-state index in [0.717, 1.165) is 25.2 Å². The summed E-state index contributed by atoms with van der Waals surface area (Å²) in [6, 6.07) is 16.6. The number of nitrogens with one attached hydrogen (secondary N) is 1. The van der Waals surface area contributed by atoms with Crippen LogP contribution in [0.5, 0.6) is 0 Å². The van der Waals surface area contributed by atoms with Crippen molar-refractivity contribution in [2.24, 2.45) is 0 Å². The molecule has 3 nitrogen and oxygen atoms in total. The first kappa shape index (κ1) is 15.8. The van der Waals surface area contributed by atoms with Gasteiger partial charge in [-0.3, -0.25) is 9.69 Å². The molecule has 0 aliphatic carbocycles.